The molecule has 5 unspecified atom stereocenters. The number of nitrogens with two attached hydrogens (primary N) is 3. The summed E-state index contributed by atoms with van der Waals surface area (Å²) in [5.41, 5.74) is 16.3. The number of carboxylic acids is 1. The van der Waals surface area contributed by atoms with Crippen molar-refractivity contribution in [3.05, 3.63) is 0 Å². The van der Waals surface area contributed by atoms with Crippen molar-refractivity contribution in [3.63, 3.8) is 0 Å². The lowest BCUT2D eigenvalue weighted by atomic mass is 9.96. The zero-order valence-electron chi connectivity index (χ0n) is 19.6. The zero-order chi connectivity index (χ0) is 25.0. The van der Waals surface area contributed by atoms with Crippen LogP contribution in [0.2, 0.25) is 0 Å². The fourth-order valence-corrected chi connectivity index (χ4v) is 2.77. The highest BCUT2D eigenvalue weighted by atomic mass is 16.4. The van der Waals surface area contributed by atoms with Gasteiger partial charge >= 0.3 is 5.97 Å². The molecule has 0 aliphatic carbocycles. The summed E-state index contributed by atoms with van der Waals surface area (Å²) in [6, 6.07) is -3.85. The molecule has 0 heterocycles. The van der Waals surface area contributed by atoms with Crippen molar-refractivity contribution < 1.29 is 24.3 Å². The Hall–Kier alpha value is -2.89. The summed E-state index contributed by atoms with van der Waals surface area (Å²) in [7, 11) is 0. The second-order valence-corrected chi connectivity index (χ2v) is 8.23. The van der Waals surface area contributed by atoms with Gasteiger partial charge < -0.3 is 38.3 Å². The number of nitrogens with zero attached hydrogens (tertiary/aromatic N) is 1. The van der Waals surface area contributed by atoms with E-state index in [4.69, 9.17) is 17.2 Å². The number of amides is 3. The van der Waals surface area contributed by atoms with Crippen LogP contribution in [-0.2, 0) is 19.2 Å². The smallest absolute Gasteiger partial charge is 0.326 e. The molecule has 0 saturated heterocycles. The van der Waals surface area contributed by atoms with E-state index in [0.717, 1.165) is 0 Å². The molecule has 3 amide bonds. The largest absolute Gasteiger partial charge is 0.480 e. The average molecular weight is 458 g/mol. The van der Waals surface area contributed by atoms with Gasteiger partial charge in [0.15, 0.2) is 5.96 Å². The number of hydrogen-bond donors (Lipinski definition) is 7. The molecule has 0 bridgehead atoms. The molecule has 12 nitrogen and oxygen atoms in total. The van der Waals surface area contributed by atoms with Crippen LogP contribution in [0.5, 0.6) is 0 Å². The molecule has 0 aromatic heterocycles. The van der Waals surface area contributed by atoms with Crippen LogP contribution in [0.1, 0.15) is 53.9 Å². The van der Waals surface area contributed by atoms with Crippen LogP contribution in [-0.4, -0.2) is 65.5 Å². The van der Waals surface area contributed by atoms with E-state index in [2.05, 4.69) is 20.9 Å². The summed E-state index contributed by atoms with van der Waals surface area (Å²) < 4.78 is 0. The van der Waals surface area contributed by atoms with Crippen LogP contribution in [0.15, 0.2) is 4.99 Å². The highest BCUT2D eigenvalue weighted by Crippen LogP contribution is 2.10. The van der Waals surface area contributed by atoms with Crippen molar-refractivity contribution in [1.82, 2.24) is 16.0 Å². The van der Waals surface area contributed by atoms with Gasteiger partial charge in [0, 0.05) is 6.54 Å². The average Bonchev–Trinajstić information content (AvgIpc) is 2.71. The van der Waals surface area contributed by atoms with Gasteiger partial charge in [0.25, 0.3) is 0 Å². The summed E-state index contributed by atoms with van der Waals surface area (Å²) >= 11 is 0. The van der Waals surface area contributed by atoms with Gasteiger partial charge in [-0.3, -0.25) is 19.4 Å². The Kier molecular flexibility index (Phi) is 12.9. The van der Waals surface area contributed by atoms with E-state index >= 15 is 0 Å². The first kappa shape index (κ1) is 29.1. The van der Waals surface area contributed by atoms with Gasteiger partial charge in [-0.25, -0.2) is 4.79 Å². The molecule has 0 aromatic rings. The van der Waals surface area contributed by atoms with E-state index in [9.17, 15) is 24.3 Å². The first-order chi connectivity index (χ1) is 14.8. The van der Waals surface area contributed by atoms with E-state index in [1.165, 1.54) is 6.92 Å². The topological polar surface area (TPSA) is 215 Å². The molecule has 10 N–H and O–H groups in total. The van der Waals surface area contributed by atoms with Crippen molar-refractivity contribution in [2.45, 2.75) is 78.0 Å². The Morgan fingerprint density at radius 1 is 0.906 bits per heavy atom. The van der Waals surface area contributed by atoms with Crippen LogP contribution < -0.4 is 33.2 Å². The third-order valence-electron chi connectivity index (χ3n) is 5.08. The Morgan fingerprint density at radius 3 is 1.94 bits per heavy atom. The molecule has 184 valence electrons. The SMILES string of the molecule is CCC(C)C(NC(=O)C(C)NC(=O)C(N)CCCN=C(N)N)C(=O)NC(C(=O)O)C(C)C. The Balaban J connectivity index is 5.00. The second-order valence-electron chi connectivity index (χ2n) is 8.23. The van der Waals surface area contributed by atoms with Gasteiger partial charge in [0.1, 0.15) is 18.1 Å². The Labute approximate surface area is 189 Å². The molecule has 0 rings (SSSR count). The highest BCUT2D eigenvalue weighted by molar-refractivity contribution is 5.94. The fourth-order valence-electron chi connectivity index (χ4n) is 2.77. The lowest BCUT2D eigenvalue weighted by Gasteiger charge is -2.28. The lowest BCUT2D eigenvalue weighted by Crippen LogP contribution is -2.58. The summed E-state index contributed by atoms with van der Waals surface area (Å²) in [6.07, 6.45) is 1.38. The number of rotatable bonds is 14. The van der Waals surface area contributed by atoms with Crippen molar-refractivity contribution in [3.8, 4) is 0 Å². The van der Waals surface area contributed by atoms with Gasteiger partial charge in [0.05, 0.1) is 6.04 Å². The molecule has 32 heavy (non-hydrogen) atoms. The molecule has 0 saturated carbocycles. The molecule has 0 aromatic carbocycles. The second kappa shape index (κ2) is 14.2. The maximum absolute atomic E-state index is 12.7. The van der Waals surface area contributed by atoms with E-state index < -0.39 is 47.9 Å². The monoisotopic (exact) mass is 457 g/mol. The van der Waals surface area contributed by atoms with Crippen molar-refractivity contribution >= 4 is 29.7 Å². The third kappa shape index (κ3) is 10.4. The minimum Gasteiger partial charge on any atom is -0.480 e. The molecular weight excluding hydrogens is 418 g/mol. The van der Waals surface area contributed by atoms with Crippen LogP contribution >= 0.6 is 0 Å². The third-order valence-corrected chi connectivity index (χ3v) is 5.08. The Bertz CT molecular complexity index is 679. The fraction of sp³-hybridized carbons (Fsp3) is 0.750. The number of carbonyl (C=O) groups is 4. The normalized spacial score (nSPS) is 15.6. The van der Waals surface area contributed by atoms with Crippen LogP contribution in [0, 0.1) is 11.8 Å². The van der Waals surface area contributed by atoms with Gasteiger partial charge in [-0.15, -0.1) is 0 Å². The van der Waals surface area contributed by atoms with Gasteiger partial charge in [-0.2, -0.15) is 0 Å². The minimum absolute atomic E-state index is 0.0451. The van der Waals surface area contributed by atoms with Crippen LogP contribution in [0.3, 0.4) is 0 Å². The maximum Gasteiger partial charge on any atom is 0.326 e. The zero-order valence-corrected chi connectivity index (χ0v) is 19.6. The predicted octanol–water partition coefficient (Wildman–Crippen LogP) is -1.37. The standard InChI is InChI=1S/C20H39N7O5/c1-6-11(4)15(18(30)26-14(10(2)3)19(31)32)27-16(28)12(5)25-17(29)13(21)8-7-9-24-20(22)23/h10-15H,6-9,21H2,1-5H3,(H,25,29)(H,26,30)(H,27,28)(H,31,32)(H4,22,23,24). The summed E-state index contributed by atoms with van der Waals surface area (Å²) in [4.78, 5) is 52.8. The van der Waals surface area contributed by atoms with Crippen molar-refractivity contribution in [1.29, 1.82) is 0 Å². The van der Waals surface area contributed by atoms with Crippen LogP contribution in [0.4, 0.5) is 0 Å². The number of guanidine groups is 1. The Morgan fingerprint density at radius 2 is 1.47 bits per heavy atom. The number of nitrogens with one attached hydrogen (secondary N) is 3. The minimum atomic E-state index is -1.16. The molecule has 5 atom stereocenters. The summed E-state index contributed by atoms with van der Waals surface area (Å²) in [5, 5.41) is 16.9. The quantitative estimate of drug-likeness (QED) is 0.0935. The molecule has 0 aliphatic rings. The summed E-state index contributed by atoms with van der Waals surface area (Å²) in [5.74, 6) is -3.50. The van der Waals surface area contributed by atoms with E-state index in [-0.39, 0.29) is 17.8 Å². The molecule has 0 spiro atoms. The van der Waals surface area contributed by atoms with E-state index in [1.807, 2.05) is 6.92 Å². The maximum atomic E-state index is 12.7. The summed E-state index contributed by atoms with van der Waals surface area (Å²) in [6.45, 7) is 8.77. The van der Waals surface area contributed by atoms with Gasteiger partial charge in [-0.05, 0) is 31.6 Å². The van der Waals surface area contributed by atoms with E-state index in [1.54, 1.807) is 20.8 Å². The van der Waals surface area contributed by atoms with Crippen LogP contribution in [0.25, 0.3) is 0 Å². The van der Waals surface area contributed by atoms with Gasteiger partial charge in [-0.1, -0.05) is 34.1 Å². The van der Waals surface area contributed by atoms with Gasteiger partial charge in [0.2, 0.25) is 17.7 Å². The van der Waals surface area contributed by atoms with E-state index in [0.29, 0.717) is 25.8 Å². The van der Waals surface area contributed by atoms with Crippen molar-refractivity contribution in [2.24, 2.45) is 34.0 Å². The molecule has 12 heteroatoms. The first-order valence-corrected chi connectivity index (χ1v) is 10.8. The number of aliphatic imine (C=N–C) groups is 1. The highest BCUT2D eigenvalue weighted by Gasteiger charge is 2.32. The molecular formula is C20H39N7O5. The number of carbonyl (C=O) groups excluding carboxylic acids is 3. The van der Waals surface area contributed by atoms with Crippen molar-refractivity contribution in [2.75, 3.05) is 6.54 Å². The number of hydrogen-bond acceptors (Lipinski definition) is 6. The number of aliphatic carboxylic acids is 1. The predicted molar refractivity (Wildman–Crippen MR) is 121 cm³/mol. The molecule has 0 fully saturated rings. The lowest BCUT2D eigenvalue weighted by molar-refractivity contribution is -0.144. The number of carboxylic acid groups (broad SMARTS) is 1. The molecule has 0 radical (unpaired) electrons. The molecule has 0 aliphatic heterocycles. The first-order valence-electron chi connectivity index (χ1n) is 10.8.